The molecule has 5 nitrogen and oxygen atoms in total. The topological polar surface area (TPSA) is 62.2 Å². The molecule has 1 heterocycles. The molecular weight excluding hydrogens is 242 g/mol. The van der Waals surface area contributed by atoms with Gasteiger partial charge in [-0.3, -0.25) is 9.48 Å². The number of hydrogen-bond acceptors (Lipinski definition) is 3. The highest BCUT2D eigenvalue weighted by Gasteiger charge is 2.14. The van der Waals surface area contributed by atoms with Gasteiger partial charge in [0.1, 0.15) is 5.69 Å². The maximum absolute atomic E-state index is 12.1. The predicted molar refractivity (Wildman–Crippen MR) is 75.1 cm³/mol. The number of ether oxygens (including phenoxy) is 1. The Morgan fingerprint density at radius 3 is 2.47 bits per heavy atom. The van der Waals surface area contributed by atoms with E-state index in [1.54, 1.807) is 16.5 Å². The number of rotatable bonds is 4. The maximum atomic E-state index is 12.1. The molecule has 0 aliphatic heterocycles. The monoisotopic (exact) mass is 261 g/mol. The third kappa shape index (κ3) is 2.56. The summed E-state index contributed by atoms with van der Waals surface area (Å²) in [6.45, 7) is 2.87. The van der Waals surface area contributed by atoms with E-state index in [0.29, 0.717) is 18.8 Å². The summed E-state index contributed by atoms with van der Waals surface area (Å²) in [5.74, 6) is 0. The van der Waals surface area contributed by atoms with Crippen molar-refractivity contribution in [2.24, 2.45) is 7.05 Å². The van der Waals surface area contributed by atoms with E-state index >= 15 is 0 Å². The molecule has 5 heteroatoms. The minimum Gasteiger partial charge on any atom is -0.393 e. The Labute approximate surface area is 112 Å². The number of aromatic nitrogens is 2. The third-order valence-electron chi connectivity index (χ3n) is 3.26. The molecule has 0 saturated carbocycles. The van der Waals surface area contributed by atoms with Crippen LogP contribution in [0.2, 0.25) is 0 Å². The normalized spacial score (nSPS) is 10.9. The van der Waals surface area contributed by atoms with Gasteiger partial charge in [0.25, 0.3) is 5.56 Å². The van der Waals surface area contributed by atoms with Gasteiger partial charge in [-0.15, -0.1) is 0 Å². The fraction of sp³-hybridized carbons (Fsp3) is 0.357. The Bertz CT molecular complexity index is 623. The molecule has 2 rings (SSSR count). The molecular formula is C14H19N3O2. The maximum Gasteiger partial charge on any atom is 0.290 e. The molecule has 0 radical (unpaired) electrons. The molecule has 0 bridgehead atoms. The minimum absolute atomic E-state index is 0.171. The lowest BCUT2D eigenvalue weighted by atomic mass is 10.1. The van der Waals surface area contributed by atoms with Crippen molar-refractivity contribution < 1.29 is 4.74 Å². The van der Waals surface area contributed by atoms with E-state index in [-0.39, 0.29) is 11.2 Å². The van der Waals surface area contributed by atoms with Crippen molar-refractivity contribution in [3.63, 3.8) is 0 Å². The molecule has 1 aromatic heterocycles. The van der Waals surface area contributed by atoms with Crippen LogP contribution in [0.5, 0.6) is 0 Å². The van der Waals surface area contributed by atoms with Gasteiger partial charge >= 0.3 is 0 Å². The number of nitrogens with two attached hydrogens (primary N) is 1. The van der Waals surface area contributed by atoms with Gasteiger partial charge < -0.3 is 10.5 Å². The highest BCUT2D eigenvalue weighted by Crippen LogP contribution is 2.10. The molecule has 2 aromatic rings. The molecule has 19 heavy (non-hydrogen) atoms. The second-order valence-corrected chi connectivity index (χ2v) is 4.67. The zero-order valence-corrected chi connectivity index (χ0v) is 11.5. The summed E-state index contributed by atoms with van der Waals surface area (Å²) < 4.78 is 8.46. The highest BCUT2D eigenvalue weighted by molar-refractivity contribution is 5.41. The number of aryl methyl sites for hydroxylation is 1. The van der Waals surface area contributed by atoms with Gasteiger partial charge in [0.15, 0.2) is 0 Å². The van der Waals surface area contributed by atoms with E-state index in [2.05, 4.69) is 0 Å². The van der Waals surface area contributed by atoms with Crippen LogP contribution in [0.15, 0.2) is 29.1 Å². The van der Waals surface area contributed by atoms with Crippen LogP contribution in [-0.4, -0.2) is 16.5 Å². The first kappa shape index (κ1) is 13.4. The molecule has 0 aliphatic carbocycles. The number of anilines is 1. The molecule has 0 spiro atoms. The smallest absolute Gasteiger partial charge is 0.290 e. The number of hydrogen-bond donors (Lipinski definition) is 1. The van der Waals surface area contributed by atoms with Crippen LogP contribution in [0, 0.1) is 6.92 Å². The standard InChI is InChI=1S/C14H19N3O2/c1-10-4-6-11(7-5-10)8-17-14(18)13(15)12(9-19-3)16(17)2/h4-7H,8-9,15H2,1-3H3. The van der Waals surface area contributed by atoms with Gasteiger partial charge in [-0.1, -0.05) is 29.8 Å². The second-order valence-electron chi connectivity index (χ2n) is 4.67. The van der Waals surface area contributed by atoms with Gasteiger partial charge in [-0.05, 0) is 12.5 Å². The Balaban J connectivity index is 2.38. The molecule has 0 saturated heterocycles. The highest BCUT2D eigenvalue weighted by atomic mass is 16.5. The van der Waals surface area contributed by atoms with Crippen LogP contribution in [-0.2, 0) is 24.9 Å². The molecule has 2 N–H and O–H groups in total. The van der Waals surface area contributed by atoms with Crippen molar-refractivity contribution in [2.75, 3.05) is 12.8 Å². The molecule has 0 unspecified atom stereocenters. The van der Waals surface area contributed by atoms with Crippen molar-refractivity contribution in [2.45, 2.75) is 20.1 Å². The SMILES string of the molecule is COCc1c(N)c(=O)n(Cc2ccc(C)cc2)n1C. The largest absolute Gasteiger partial charge is 0.393 e. The van der Waals surface area contributed by atoms with Gasteiger partial charge in [0.05, 0.1) is 18.8 Å². The number of methoxy groups -OCH3 is 1. The summed E-state index contributed by atoms with van der Waals surface area (Å²) in [5.41, 5.74) is 8.90. The van der Waals surface area contributed by atoms with Crippen LogP contribution in [0.1, 0.15) is 16.8 Å². The molecule has 0 aliphatic rings. The molecule has 0 amide bonds. The fourth-order valence-corrected chi connectivity index (χ4v) is 2.07. The Morgan fingerprint density at radius 2 is 1.89 bits per heavy atom. The van der Waals surface area contributed by atoms with Crippen molar-refractivity contribution >= 4 is 5.69 Å². The number of benzene rings is 1. The Morgan fingerprint density at radius 1 is 1.26 bits per heavy atom. The minimum atomic E-state index is -0.171. The molecule has 1 aromatic carbocycles. The van der Waals surface area contributed by atoms with Gasteiger partial charge in [0, 0.05) is 14.2 Å². The quantitative estimate of drug-likeness (QED) is 0.901. The van der Waals surface area contributed by atoms with Crippen molar-refractivity contribution in [1.82, 2.24) is 9.36 Å². The van der Waals surface area contributed by atoms with Crippen LogP contribution in [0.3, 0.4) is 0 Å². The van der Waals surface area contributed by atoms with Crippen LogP contribution in [0.4, 0.5) is 5.69 Å². The third-order valence-corrected chi connectivity index (χ3v) is 3.26. The number of nitrogen functional groups attached to an aromatic ring is 1. The zero-order valence-electron chi connectivity index (χ0n) is 11.5. The van der Waals surface area contributed by atoms with Gasteiger partial charge in [0.2, 0.25) is 0 Å². The van der Waals surface area contributed by atoms with Crippen LogP contribution in [0.25, 0.3) is 0 Å². The van der Waals surface area contributed by atoms with Crippen molar-refractivity contribution in [3.05, 3.63) is 51.4 Å². The van der Waals surface area contributed by atoms with E-state index in [0.717, 1.165) is 5.56 Å². The lowest BCUT2D eigenvalue weighted by Gasteiger charge is -2.09. The van der Waals surface area contributed by atoms with E-state index in [1.165, 1.54) is 5.56 Å². The Kier molecular flexibility index (Phi) is 3.76. The zero-order chi connectivity index (χ0) is 14.0. The first-order chi connectivity index (χ1) is 9.04. The lowest BCUT2D eigenvalue weighted by molar-refractivity contribution is 0.177. The van der Waals surface area contributed by atoms with Crippen LogP contribution < -0.4 is 11.3 Å². The Hall–Kier alpha value is -2.01. The van der Waals surface area contributed by atoms with Gasteiger partial charge in [-0.25, -0.2) is 4.68 Å². The average molecular weight is 261 g/mol. The first-order valence-corrected chi connectivity index (χ1v) is 6.13. The summed E-state index contributed by atoms with van der Waals surface area (Å²) in [6, 6.07) is 8.09. The summed E-state index contributed by atoms with van der Waals surface area (Å²) in [5, 5.41) is 0. The van der Waals surface area contributed by atoms with E-state index < -0.39 is 0 Å². The van der Waals surface area contributed by atoms with E-state index in [1.807, 2.05) is 38.2 Å². The molecule has 0 fully saturated rings. The van der Waals surface area contributed by atoms with E-state index in [9.17, 15) is 4.79 Å². The lowest BCUT2D eigenvalue weighted by Crippen LogP contribution is -2.23. The first-order valence-electron chi connectivity index (χ1n) is 6.13. The predicted octanol–water partition coefficient (Wildman–Crippen LogP) is 1.27. The van der Waals surface area contributed by atoms with Gasteiger partial charge in [-0.2, -0.15) is 0 Å². The summed E-state index contributed by atoms with van der Waals surface area (Å²) in [4.78, 5) is 12.1. The number of nitrogens with zero attached hydrogens (tertiary/aromatic N) is 2. The molecule has 102 valence electrons. The summed E-state index contributed by atoms with van der Waals surface area (Å²) in [7, 11) is 3.40. The fourth-order valence-electron chi connectivity index (χ4n) is 2.07. The summed E-state index contributed by atoms with van der Waals surface area (Å²) >= 11 is 0. The van der Waals surface area contributed by atoms with Crippen LogP contribution >= 0.6 is 0 Å². The van der Waals surface area contributed by atoms with Crippen molar-refractivity contribution in [1.29, 1.82) is 0 Å². The summed E-state index contributed by atoms with van der Waals surface area (Å²) in [6.07, 6.45) is 0. The molecule has 0 atom stereocenters. The van der Waals surface area contributed by atoms with E-state index in [4.69, 9.17) is 10.5 Å². The average Bonchev–Trinajstić information content (AvgIpc) is 2.59. The second kappa shape index (κ2) is 5.32. The van der Waals surface area contributed by atoms with Crippen molar-refractivity contribution in [3.8, 4) is 0 Å².